The van der Waals surface area contributed by atoms with Gasteiger partial charge >= 0.3 is 0 Å². The van der Waals surface area contributed by atoms with Crippen molar-refractivity contribution in [2.24, 2.45) is 0 Å². The van der Waals surface area contributed by atoms with Crippen molar-refractivity contribution in [3.8, 4) is 10.6 Å². The van der Waals surface area contributed by atoms with Crippen LogP contribution in [0, 0.1) is 0 Å². The molecular formula is C16H19ClN2S. The van der Waals surface area contributed by atoms with Gasteiger partial charge in [0.2, 0.25) is 0 Å². The molecule has 0 spiro atoms. The van der Waals surface area contributed by atoms with E-state index in [0.29, 0.717) is 0 Å². The first kappa shape index (κ1) is 14.1. The minimum absolute atomic E-state index is 0.732. The van der Waals surface area contributed by atoms with Gasteiger partial charge in [-0.15, -0.1) is 11.3 Å². The number of aromatic nitrogens is 1. The first-order chi connectivity index (χ1) is 9.78. The largest absolute Gasteiger partial charge is 0.309 e. The van der Waals surface area contributed by atoms with E-state index in [1.165, 1.54) is 23.4 Å². The fourth-order valence-electron chi connectivity index (χ4n) is 2.23. The molecule has 1 aromatic carbocycles. The molecule has 0 saturated heterocycles. The summed E-state index contributed by atoms with van der Waals surface area (Å²) in [7, 11) is 0. The van der Waals surface area contributed by atoms with Gasteiger partial charge in [-0.3, -0.25) is 0 Å². The second-order valence-electron chi connectivity index (χ2n) is 5.27. The monoisotopic (exact) mass is 306 g/mol. The van der Waals surface area contributed by atoms with Crippen LogP contribution in [0.2, 0.25) is 5.02 Å². The van der Waals surface area contributed by atoms with Crippen molar-refractivity contribution >= 4 is 22.9 Å². The molecule has 106 valence electrons. The van der Waals surface area contributed by atoms with Crippen LogP contribution in [-0.4, -0.2) is 11.0 Å². The molecular weight excluding hydrogens is 288 g/mol. The Balaban J connectivity index is 1.87. The summed E-state index contributed by atoms with van der Waals surface area (Å²) in [5.74, 6) is 0. The van der Waals surface area contributed by atoms with Crippen LogP contribution in [-0.2, 0) is 13.0 Å². The zero-order valence-electron chi connectivity index (χ0n) is 11.7. The van der Waals surface area contributed by atoms with Gasteiger partial charge < -0.3 is 5.32 Å². The molecule has 0 bridgehead atoms. The van der Waals surface area contributed by atoms with Crippen molar-refractivity contribution in [2.75, 3.05) is 0 Å². The maximum absolute atomic E-state index is 6.29. The summed E-state index contributed by atoms with van der Waals surface area (Å²) in [5.41, 5.74) is 2.29. The van der Waals surface area contributed by atoms with E-state index in [1.807, 2.05) is 18.2 Å². The smallest absolute Gasteiger partial charge is 0.125 e. The fraction of sp³-hybridized carbons (Fsp3) is 0.438. The number of aryl methyl sites for hydroxylation is 1. The van der Waals surface area contributed by atoms with Crippen molar-refractivity contribution in [2.45, 2.75) is 45.2 Å². The topological polar surface area (TPSA) is 24.9 Å². The Kier molecular flexibility index (Phi) is 4.39. The Labute approximate surface area is 129 Å². The van der Waals surface area contributed by atoms with Gasteiger partial charge in [0.25, 0.3) is 0 Å². The normalized spacial score (nSPS) is 14.7. The minimum Gasteiger partial charge on any atom is -0.309 e. The zero-order valence-corrected chi connectivity index (χ0v) is 13.2. The van der Waals surface area contributed by atoms with Crippen LogP contribution in [0.3, 0.4) is 0 Å². The summed E-state index contributed by atoms with van der Waals surface area (Å²) in [4.78, 5) is 6.19. The summed E-state index contributed by atoms with van der Waals surface area (Å²) in [5, 5.41) is 5.42. The Bertz CT molecular complexity index is 590. The lowest BCUT2D eigenvalue weighted by Crippen LogP contribution is -2.15. The molecule has 1 fully saturated rings. The van der Waals surface area contributed by atoms with Crippen LogP contribution in [0.4, 0.5) is 0 Å². The molecule has 2 aromatic rings. The summed E-state index contributed by atoms with van der Waals surface area (Å²) < 4.78 is 0. The summed E-state index contributed by atoms with van der Waals surface area (Å²) >= 11 is 8.06. The van der Waals surface area contributed by atoms with Gasteiger partial charge in [-0.1, -0.05) is 43.1 Å². The predicted molar refractivity (Wildman–Crippen MR) is 86.4 cm³/mol. The molecule has 1 saturated carbocycles. The van der Waals surface area contributed by atoms with Gasteiger partial charge in [-0.25, -0.2) is 4.98 Å². The van der Waals surface area contributed by atoms with Crippen LogP contribution in [0.25, 0.3) is 10.6 Å². The van der Waals surface area contributed by atoms with Crippen LogP contribution >= 0.6 is 22.9 Å². The average molecular weight is 307 g/mol. The van der Waals surface area contributed by atoms with E-state index in [2.05, 4.69) is 18.3 Å². The number of nitrogens with one attached hydrogen (secondary N) is 1. The molecule has 2 nitrogen and oxygen atoms in total. The van der Waals surface area contributed by atoms with Gasteiger partial charge in [0.15, 0.2) is 0 Å². The van der Waals surface area contributed by atoms with Gasteiger partial charge in [0, 0.05) is 23.0 Å². The number of hydrogen-bond donors (Lipinski definition) is 1. The highest BCUT2D eigenvalue weighted by Crippen LogP contribution is 2.33. The van der Waals surface area contributed by atoms with Crippen molar-refractivity contribution in [3.05, 3.63) is 39.9 Å². The zero-order chi connectivity index (χ0) is 13.9. The maximum atomic E-state index is 6.29. The molecule has 1 aliphatic carbocycles. The summed E-state index contributed by atoms with van der Waals surface area (Å²) in [6.45, 7) is 3.15. The first-order valence-corrected chi connectivity index (χ1v) is 8.44. The van der Waals surface area contributed by atoms with Crippen LogP contribution in [0.5, 0.6) is 0 Å². The van der Waals surface area contributed by atoms with Crippen molar-refractivity contribution in [1.29, 1.82) is 0 Å². The Morgan fingerprint density at radius 2 is 2.15 bits per heavy atom. The van der Waals surface area contributed by atoms with Crippen LogP contribution in [0.1, 0.15) is 36.8 Å². The third-order valence-corrected chi connectivity index (χ3v) is 4.96. The molecule has 3 rings (SSSR count). The number of nitrogens with zero attached hydrogens (tertiary/aromatic N) is 1. The van der Waals surface area contributed by atoms with Crippen molar-refractivity contribution in [3.63, 3.8) is 0 Å². The molecule has 1 aromatic heterocycles. The number of thiazole rings is 1. The van der Waals surface area contributed by atoms with Gasteiger partial charge in [-0.2, -0.15) is 0 Å². The van der Waals surface area contributed by atoms with Crippen molar-refractivity contribution < 1.29 is 0 Å². The molecule has 1 aliphatic rings. The van der Waals surface area contributed by atoms with E-state index in [9.17, 15) is 0 Å². The Morgan fingerprint density at radius 1 is 1.35 bits per heavy atom. The molecule has 0 aliphatic heterocycles. The highest BCUT2D eigenvalue weighted by atomic mass is 35.5. The standard InChI is InChI=1S/C16H19ClN2S/c1-2-5-14-15(10-18-11-8-9-11)20-16(19-14)12-6-3-4-7-13(12)17/h3-4,6-7,11,18H,2,5,8-10H2,1H3. The van der Waals surface area contributed by atoms with Gasteiger partial charge in [0.1, 0.15) is 5.01 Å². The van der Waals surface area contributed by atoms with E-state index < -0.39 is 0 Å². The lowest BCUT2D eigenvalue weighted by atomic mass is 10.2. The first-order valence-electron chi connectivity index (χ1n) is 7.24. The minimum atomic E-state index is 0.732. The van der Waals surface area contributed by atoms with E-state index in [1.54, 1.807) is 11.3 Å². The maximum Gasteiger partial charge on any atom is 0.125 e. The van der Waals surface area contributed by atoms with Crippen LogP contribution < -0.4 is 5.32 Å². The molecule has 1 N–H and O–H groups in total. The van der Waals surface area contributed by atoms with E-state index in [-0.39, 0.29) is 0 Å². The van der Waals surface area contributed by atoms with Crippen LogP contribution in [0.15, 0.2) is 24.3 Å². The number of hydrogen-bond acceptors (Lipinski definition) is 3. The second-order valence-corrected chi connectivity index (χ2v) is 6.76. The fourth-order valence-corrected chi connectivity index (χ4v) is 3.61. The van der Waals surface area contributed by atoms with Crippen molar-refractivity contribution in [1.82, 2.24) is 10.3 Å². The summed E-state index contributed by atoms with van der Waals surface area (Å²) in [6, 6.07) is 8.69. The second kappa shape index (κ2) is 6.25. The molecule has 0 amide bonds. The molecule has 0 radical (unpaired) electrons. The Hall–Kier alpha value is -0.900. The van der Waals surface area contributed by atoms with Gasteiger partial charge in [-0.05, 0) is 25.3 Å². The SMILES string of the molecule is CCCc1nc(-c2ccccc2Cl)sc1CNC1CC1. The quantitative estimate of drug-likeness (QED) is 0.839. The van der Waals surface area contributed by atoms with Gasteiger partial charge in [0.05, 0.1) is 10.7 Å². The highest BCUT2D eigenvalue weighted by Gasteiger charge is 2.21. The lowest BCUT2D eigenvalue weighted by molar-refractivity contribution is 0.686. The number of benzene rings is 1. The molecule has 0 unspecified atom stereocenters. The van der Waals surface area contributed by atoms with E-state index in [4.69, 9.17) is 16.6 Å². The molecule has 4 heteroatoms. The number of halogens is 1. The Morgan fingerprint density at radius 3 is 2.85 bits per heavy atom. The third kappa shape index (κ3) is 3.22. The molecule has 1 heterocycles. The lowest BCUT2D eigenvalue weighted by Gasteiger charge is -2.01. The molecule has 20 heavy (non-hydrogen) atoms. The number of rotatable bonds is 6. The predicted octanol–water partition coefficient (Wildman–Crippen LogP) is 4.67. The van der Waals surface area contributed by atoms with E-state index in [0.717, 1.165) is 41.0 Å². The van der Waals surface area contributed by atoms with E-state index >= 15 is 0 Å². The third-order valence-electron chi connectivity index (χ3n) is 3.50. The summed E-state index contributed by atoms with van der Waals surface area (Å²) in [6.07, 6.45) is 4.81. The average Bonchev–Trinajstić information content (AvgIpc) is 3.19. The molecule has 0 atom stereocenters. The highest BCUT2D eigenvalue weighted by molar-refractivity contribution is 7.15.